The molecule has 6 nitrogen and oxygen atoms in total. The van der Waals surface area contributed by atoms with Crippen LogP contribution in [-0.2, 0) is 0 Å². The monoisotopic (exact) mass is 340 g/mol. The number of aromatic amines is 1. The molecule has 0 saturated carbocycles. The molecule has 3 aromatic rings. The summed E-state index contributed by atoms with van der Waals surface area (Å²) in [5, 5.41) is 10.5. The molecule has 0 aliphatic rings. The van der Waals surface area contributed by atoms with Crippen molar-refractivity contribution in [3.8, 4) is 11.6 Å². The molecule has 0 radical (unpaired) electrons. The maximum atomic E-state index is 11.4. The number of ether oxygens (including phenoxy) is 1. The molecular formula is C11H6BrClN4O2. The minimum atomic E-state index is -0.430. The Labute approximate surface area is 120 Å². The van der Waals surface area contributed by atoms with Crippen LogP contribution in [0.5, 0.6) is 11.6 Å². The van der Waals surface area contributed by atoms with Gasteiger partial charge in [0.05, 0.1) is 5.02 Å². The third kappa shape index (κ3) is 2.34. The highest BCUT2D eigenvalue weighted by Gasteiger charge is 2.07. The predicted octanol–water partition coefficient (Wildman–Crippen LogP) is 2.63. The van der Waals surface area contributed by atoms with Gasteiger partial charge in [-0.1, -0.05) is 27.5 Å². The van der Waals surface area contributed by atoms with Crippen LogP contribution in [0.1, 0.15) is 0 Å². The number of hydrogen-bond acceptors (Lipinski definition) is 4. The summed E-state index contributed by atoms with van der Waals surface area (Å²) in [5.41, 5.74) is -0.0153. The molecule has 8 heteroatoms. The molecule has 96 valence electrons. The largest absolute Gasteiger partial charge is 0.436 e. The zero-order valence-corrected chi connectivity index (χ0v) is 11.6. The third-order valence-electron chi connectivity index (χ3n) is 2.36. The average molecular weight is 342 g/mol. The van der Waals surface area contributed by atoms with Crippen LogP contribution in [0.25, 0.3) is 5.65 Å². The number of halogens is 2. The molecule has 0 unspecified atom stereocenters. The Hall–Kier alpha value is -1.86. The standard InChI is InChI=1S/C11H6BrClN4O2/c12-6-1-2-7(13)8(5-6)19-10-4-3-9-14-15-11(18)17(9)16-10/h1-5H,(H,15,18). The van der Waals surface area contributed by atoms with Gasteiger partial charge < -0.3 is 4.74 Å². The summed E-state index contributed by atoms with van der Waals surface area (Å²) >= 11 is 9.34. The van der Waals surface area contributed by atoms with Crippen molar-refractivity contribution in [1.29, 1.82) is 0 Å². The van der Waals surface area contributed by atoms with E-state index in [0.29, 0.717) is 16.4 Å². The first-order valence-corrected chi connectivity index (χ1v) is 6.38. The van der Waals surface area contributed by atoms with Crippen molar-refractivity contribution in [2.24, 2.45) is 0 Å². The Morgan fingerprint density at radius 3 is 3.00 bits per heavy atom. The number of aromatic nitrogens is 4. The van der Waals surface area contributed by atoms with Crippen LogP contribution in [0.4, 0.5) is 0 Å². The van der Waals surface area contributed by atoms with Gasteiger partial charge in [0.1, 0.15) is 5.75 Å². The maximum Gasteiger partial charge on any atom is 0.364 e. The van der Waals surface area contributed by atoms with E-state index in [0.717, 1.165) is 8.99 Å². The van der Waals surface area contributed by atoms with Gasteiger partial charge in [0.15, 0.2) is 5.65 Å². The Morgan fingerprint density at radius 1 is 1.32 bits per heavy atom. The first-order chi connectivity index (χ1) is 9.13. The van der Waals surface area contributed by atoms with E-state index < -0.39 is 5.69 Å². The number of rotatable bonds is 2. The normalized spacial score (nSPS) is 10.8. The van der Waals surface area contributed by atoms with Crippen LogP contribution in [0.3, 0.4) is 0 Å². The minimum Gasteiger partial charge on any atom is -0.436 e. The summed E-state index contributed by atoms with van der Waals surface area (Å²) in [7, 11) is 0. The molecule has 0 saturated heterocycles. The van der Waals surface area contributed by atoms with E-state index in [-0.39, 0.29) is 5.88 Å². The second-order valence-corrected chi connectivity index (χ2v) is 4.97. The summed E-state index contributed by atoms with van der Waals surface area (Å²) in [6, 6.07) is 8.43. The van der Waals surface area contributed by atoms with Crippen LogP contribution in [0.15, 0.2) is 39.6 Å². The molecule has 0 amide bonds. The lowest BCUT2D eigenvalue weighted by Gasteiger charge is -2.06. The molecule has 0 atom stereocenters. The fourth-order valence-electron chi connectivity index (χ4n) is 1.51. The number of nitrogens with one attached hydrogen (secondary N) is 1. The van der Waals surface area contributed by atoms with E-state index >= 15 is 0 Å². The minimum absolute atomic E-state index is 0.246. The molecule has 0 bridgehead atoms. The van der Waals surface area contributed by atoms with Gasteiger partial charge in [-0.05, 0) is 24.3 Å². The second kappa shape index (κ2) is 4.67. The fraction of sp³-hybridized carbons (Fsp3) is 0. The van der Waals surface area contributed by atoms with E-state index in [9.17, 15) is 4.79 Å². The van der Waals surface area contributed by atoms with Gasteiger partial charge in [-0.2, -0.15) is 9.61 Å². The van der Waals surface area contributed by atoms with E-state index in [2.05, 4.69) is 31.2 Å². The number of nitrogens with zero attached hydrogens (tertiary/aromatic N) is 3. The SMILES string of the molecule is O=c1[nH]nc2ccc(Oc3cc(Br)ccc3Cl)nn12. The van der Waals surface area contributed by atoms with E-state index in [1.807, 2.05) is 0 Å². The average Bonchev–Trinajstić information content (AvgIpc) is 2.76. The maximum absolute atomic E-state index is 11.4. The predicted molar refractivity (Wildman–Crippen MR) is 72.8 cm³/mol. The molecule has 2 heterocycles. The highest BCUT2D eigenvalue weighted by molar-refractivity contribution is 9.10. The van der Waals surface area contributed by atoms with E-state index in [1.54, 1.807) is 30.3 Å². The number of fused-ring (bicyclic) bond motifs is 1. The van der Waals surface area contributed by atoms with Crippen molar-refractivity contribution in [3.05, 3.63) is 50.3 Å². The summed E-state index contributed by atoms with van der Waals surface area (Å²) in [6.45, 7) is 0. The zero-order chi connectivity index (χ0) is 13.4. The first kappa shape index (κ1) is 12.2. The third-order valence-corrected chi connectivity index (χ3v) is 3.16. The van der Waals surface area contributed by atoms with Gasteiger partial charge in [0, 0.05) is 10.5 Å². The Balaban J connectivity index is 2.03. The Kier molecular flexibility index (Phi) is 3.00. The molecule has 19 heavy (non-hydrogen) atoms. The highest BCUT2D eigenvalue weighted by Crippen LogP contribution is 2.31. The zero-order valence-electron chi connectivity index (χ0n) is 9.30. The van der Waals surface area contributed by atoms with Gasteiger partial charge in [-0.15, -0.1) is 5.10 Å². The van der Waals surface area contributed by atoms with Crippen molar-refractivity contribution in [3.63, 3.8) is 0 Å². The first-order valence-electron chi connectivity index (χ1n) is 5.21. The summed E-state index contributed by atoms with van der Waals surface area (Å²) in [4.78, 5) is 11.4. The van der Waals surface area contributed by atoms with Crippen LogP contribution in [0, 0.1) is 0 Å². The Bertz CT molecular complexity index is 814. The van der Waals surface area contributed by atoms with Gasteiger partial charge in [0.2, 0.25) is 5.88 Å². The number of benzene rings is 1. The van der Waals surface area contributed by atoms with Crippen LogP contribution < -0.4 is 10.4 Å². The molecule has 0 spiro atoms. The fourth-order valence-corrected chi connectivity index (χ4v) is 2.00. The van der Waals surface area contributed by atoms with Crippen LogP contribution >= 0.6 is 27.5 Å². The molecule has 1 aromatic carbocycles. The summed E-state index contributed by atoms with van der Waals surface area (Å²) < 4.78 is 7.49. The van der Waals surface area contributed by atoms with Crippen molar-refractivity contribution >= 4 is 33.2 Å². The number of H-pyrrole nitrogens is 1. The topological polar surface area (TPSA) is 72.3 Å². The van der Waals surface area contributed by atoms with Crippen molar-refractivity contribution < 1.29 is 4.74 Å². The van der Waals surface area contributed by atoms with Gasteiger partial charge in [-0.25, -0.2) is 9.89 Å². The lowest BCUT2D eigenvalue weighted by molar-refractivity contribution is 0.451. The van der Waals surface area contributed by atoms with Gasteiger partial charge in [-0.3, -0.25) is 0 Å². The van der Waals surface area contributed by atoms with Gasteiger partial charge >= 0.3 is 5.69 Å². The number of hydrogen-bond donors (Lipinski definition) is 1. The van der Waals surface area contributed by atoms with Crippen molar-refractivity contribution in [2.45, 2.75) is 0 Å². The molecular weight excluding hydrogens is 336 g/mol. The van der Waals surface area contributed by atoms with Crippen LogP contribution in [0.2, 0.25) is 5.02 Å². The Morgan fingerprint density at radius 2 is 2.16 bits per heavy atom. The molecule has 0 aliphatic carbocycles. The molecule has 0 fully saturated rings. The lowest BCUT2D eigenvalue weighted by atomic mass is 10.3. The lowest BCUT2D eigenvalue weighted by Crippen LogP contribution is -2.12. The smallest absolute Gasteiger partial charge is 0.364 e. The van der Waals surface area contributed by atoms with E-state index in [1.165, 1.54) is 0 Å². The molecule has 1 N–H and O–H groups in total. The van der Waals surface area contributed by atoms with E-state index in [4.69, 9.17) is 16.3 Å². The molecule has 3 rings (SSSR count). The molecule has 2 aromatic heterocycles. The summed E-state index contributed by atoms with van der Waals surface area (Å²) in [5.74, 6) is 0.690. The van der Waals surface area contributed by atoms with Crippen molar-refractivity contribution in [1.82, 2.24) is 19.8 Å². The van der Waals surface area contributed by atoms with Crippen molar-refractivity contribution in [2.75, 3.05) is 0 Å². The quantitative estimate of drug-likeness (QED) is 0.778. The highest BCUT2D eigenvalue weighted by atomic mass is 79.9. The van der Waals surface area contributed by atoms with Gasteiger partial charge in [0.25, 0.3) is 0 Å². The van der Waals surface area contributed by atoms with Crippen LogP contribution in [-0.4, -0.2) is 19.8 Å². The second-order valence-electron chi connectivity index (χ2n) is 3.65. The summed E-state index contributed by atoms with van der Waals surface area (Å²) in [6.07, 6.45) is 0. The molecule has 0 aliphatic heterocycles.